The molecule has 0 saturated heterocycles. The molecule has 6 heteroatoms. The number of carbonyl (C=O) groups excluding carboxylic acids is 1. The van der Waals surface area contributed by atoms with E-state index in [1.54, 1.807) is 6.07 Å². The molecular formula is C15H19ClN2O3. The Bertz CT molecular complexity index is 521. The van der Waals surface area contributed by atoms with Crippen LogP contribution in [0.1, 0.15) is 24.8 Å². The number of hydrogen-bond acceptors (Lipinski definition) is 2. The summed E-state index contributed by atoms with van der Waals surface area (Å²) >= 11 is 6.01. The number of rotatable bonds is 5. The minimum absolute atomic E-state index is 0.0218. The Morgan fingerprint density at radius 3 is 2.71 bits per heavy atom. The number of amides is 2. The normalized spacial score (nSPS) is 21.0. The summed E-state index contributed by atoms with van der Waals surface area (Å²) in [6, 6.07) is 7.01. The van der Waals surface area contributed by atoms with Gasteiger partial charge in [-0.2, -0.15) is 0 Å². The molecule has 3 N–H and O–H groups in total. The number of carboxylic acids is 1. The highest BCUT2D eigenvalue weighted by atomic mass is 35.5. The number of hydrogen-bond donors (Lipinski definition) is 3. The Balaban J connectivity index is 1.75. The molecule has 1 aliphatic rings. The van der Waals surface area contributed by atoms with Gasteiger partial charge in [-0.05, 0) is 30.4 Å². The van der Waals surface area contributed by atoms with Crippen LogP contribution in [0.5, 0.6) is 0 Å². The molecule has 1 aromatic carbocycles. The lowest BCUT2D eigenvalue weighted by Crippen LogP contribution is -2.39. The third kappa shape index (κ3) is 4.36. The first-order valence-electron chi connectivity index (χ1n) is 7.06. The molecule has 2 atom stereocenters. The zero-order valence-corrected chi connectivity index (χ0v) is 12.4. The van der Waals surface area contributed by atoms with Gasteiger partial charge in [0, 0.05) is 18.1 Å². The minimum Gasteiger partial charge on any atom is -0.481 e. The molecular weight excluding hydrogens is 292 g/mol. The number of aliphatic carboxylic acids is 1. The van der Waals surface area contributed by atoms with Gasteiger partial charge in [-0.15, -0.1) is 0 Å². The molecule has 2 unspecified atom stereocenters. The van der Waals surface area contributed by atoms with Crippen LogP contribution in [-0.4, -0.2) is 23.7 Å². The third-order valence-corrected chi connectivity index (χ3v) is 4.27. The van der Waals surface area contributed by atoms with Crippen LogP contribution in [0.4, 0.5) is 4.79 Å². The monoisotopic (exact) mass is 310 g/mol. The average molecular weight is 311 g/mol. The van der Waals surface area contributed by atoms with E-state index in [-0.39, 0.29) is 17.9 Å². The van der Waals surface area contributed by atoms with Crippen molar-refractivity contribution in [1.29, 1.82) is 0 Å². The molecule has 0 spiro atoms. The fraction of sp³-hybridized carbons (Fsp3) is 0.467. The van der Waals surface area contributed by atoms with E-state index in [0.717, 1.165) is 18.4 Å². The van der Waals surface area contributed by atoms with Gasteiger partial charge in [0.25, 0.3) is 0 Å². The SMILES string of the molecule is O=C(NCc1ccccc1Cl)NCC1CCCC1C(=O)O. The number of nitrogens with one attached hydrogen (secondary N) is 2. The summed E-state index contributed by atoms with van der Waals surface area (Å²) in [6.07, 6.45) is 2.45. The summed E-state index contributed by atoms with van der Waals surface area (Å²) in [5.74, 6) is -1.08. The zero-order valence-electron chi connectivity index (χ0n) is 11.6. The Hall–Kier alpha value is -1.75. The maximum Gasteiger partial charge on any atom is 0.315 e. The molecule has 0 radical (unpaired) electrons. The van der Waals surface area contributed by atoms with E-state index in [0.29, 0.717) is 24.5 Å². The third-order valence-electron chi connectivity index (χ3n) is 3.90. The molecule has 1 aliphatic carbocycles. The lowest BCUT2D eigenvalue weighted by Gasteiger charge is -2.16. The quantitative estimate of drug-likeness (QED) is 0.782. The van der Waals surface area contributed by atoms with Crippen LogP contribution in [0.2, 0.25) is 5.02 Å². The first kappa shape index (κ1) is 15.6. The molecule has 1 fully saturated rings. The van der Waals surface area contributed by atoms with Gasteiger partial charge in [0.1, 0.15) is 0 Å². The summed E-state index contributed by atoms with van der Waals surface area (Å²) in [5, 5.41) is 15.2. The van der Waals surface area contributed by atoms with Crippen molar-refractivity contribution in [3.05, 3.63) is 34.9 Å². The standard InChI is InChI=1S/C15H19ClN2O3/c16-13-7-2-1-4-11(13)9-18-15(21)17-8-10-5-3-6-12(10)14(19)20/h1-2,4,7,10,12H,3,5-6,8-9H2,(H,19,20)(H2,17,18,21). The Morgan fingerprint density at radius 2 is 2.00 bits per heavy atom. The predicted molar refractivity (Wildman–Crippen MR) is 80.2 cm³/mol. The molecule has 21 heavy (non-hydrogen) atoms. The molecule has 1 saturated carbocycles. The van der Waals surface area contributed by atoms with Crippen molar-refractivity contribution in [2.75, 3.05) is 6.54 Å². The highest BCUT2D eigenvalue weighted by Crippen LogP contribution is 2.31. The van der Waals surface area contributed by atoms with Gasteiger partial charge in [-0.1, -0.05) is 36.2 Å². The number of carboxylic acid groups (broad SMARTS) is 1. The van der Waals surface area contributed by atoms with E-state index < -0.39 is 5.97 Å². The molecule has 0 bridgehead atoms. The smallest absolute Gasteiger partial charge is 0.315 e. The van der Waals surface area contributed by atoms with Crippen molar-refractivity contribution in [2.24, 2.45) is 11.8 Å². The van der Waals surface area contributed by atoms with Crippen molar-refractivity contribution >= 4 is 23.6 Å². The Kier molecular flexibility index (Phi) is 5.44. The van der Waals surface area contributed by atoms with Gasteiger partial charge in [0.05, 0.1) is 5.92 Å². The van der Waals surface area contributed by atoms with E-state index in [4.69, 9.17) is 16.7 Å². The van der Waals surface area contributed by atoms with Crippen LogP contribution in [0.25, 0.3) is 0 Å². The number of urea groups is 1. The predicted octanol–water partition coefficient (Wildman–Crippen LogP) is 2.64. The largest absolute Gasteiger partial charge is 0.481 e. The fourth-order valence-corrected chi connectivity index (χ4v) is 2.91. The van der Waals surface area contributed by atoms with Gasteiger partial charge in [0.2, 0.25) is 0 Å². The van der Waals surface area contributed by atoms with Crippen LogP contribution in [0.3, 0.4) is 0 Å². The lowest BCUT2D eigenvalue weighted by molar-refractivity contribution is -0.142. The molecule has 1 aromatic rings. The van der Waals surface area contributed by atoms with E-state index in [1.807, 2.05) is 18.2 Å². The van der Waals surface area contributed by atoms with Gasteiger partial charge in [-0.25, -0.2) is 4.79 Å². The second-order valence-corrected chi connectivity index (χ2v) is 5.70. The van der Waals surface area contributed by atoms with Crippen LogP contribution in [0, 0.1) is 11.8 Å². The number of halogens is 1. The highest BCUT2D eigenvalue weighted by molar-refractivity contribution is 6.31. The maximum absolute atomic E-state index is 11.7. The zero-order chi connectivity index (χ0) is 15.2. The molecule has 114 valence electrons. The second-order valence-electron chi connectivity index (χ2n) is 5.29. The maximum atomic E-state index is 11.7. The molecule has 5 nitrogen and oxygen atoms in total. The first-order chi connectivity index (χ1) is 10.1. The van der Waals surface area contributed by atoms with E-state index in [9.17, 15) is 9.59 Å². The van der Waals surface area contributed by atoms with Crippen molar-refractivity contribution in [3.63, 3.8) is 0 Å². The van der Waals surface area contributed by atoms with Crippen molar-refractivity contribution in [3.8, 4) is 0 Å². The van der Waals surface area contributed by atoms with Gasteiger partial charge >= 0.3 is 12.0 Å². The summed E-state index contributed by atoms with van der Waals surface area (Å²) < 4.78 is 0. The average Bonchev–Trinajstić information content (AvgIpc) is 2.93. The van der Waals surface area contributed by atoms with Crippen LogP contribution in [-0.2, 0) is 11.3 Å². The molecule has 2 amide bonds. The fourth-order valence-electron chi connectivity index (χ4n) is 2.71. The second kappa shape index (κ2) is 7.31. The summed E-state index contributed by atoms with van der Waals surface area (Å²) in [7, 11) is 0. The molecule has 0 aromatic heterocycles. The molecule has 0 heterocycles. The van der Waals surface area contributed by atoms with Crippen molar-refractivity contribution in [2.45, 2.75) is 25.8 Å². The Morgan fingerprint density at radius 1 is 1.24 bits per heavy atom. The van der Waals surface area contributed by atoms with Crippen LogP contribution in [0.15, 0.2) is 24.3 Å². The van der Waals surface area contributed by atoms with E-state index in [2.05, 4.69) is 10.6 Å². The highest BCUT2D eigenvalue weighted by Gasteiger charge is 2.32. The molecule has 2 rings (SSSR count). The van der Waals surface area contributed by atoms with Crippen LogP contribution < -0.4 is 10.6 Å². The number of benzene rings is 1. The van der Waals surface area contributed by atoms with E-state index in [1.165, 1.54) is 0 Å². The number of carbonyl (C=O) groups is 2. The van der Waals surface area contributed by atoms with E-state index >= 15 is 0 Å². The van der Waals surface area contributed by atoms with Gasteiger partial charge in [-0.3, -0.25) is 4.79 Å². The molecule has 0 aliphatic heterocycles. The summed E-state index contributed by atoms with van der Waals surface area (Å²) in [5.41, 5.74) is 0.846. The van der Waals surface area contributed by atoms with Crippen molar-refractivity contribution in [1.82, 2.24) is 10.6 Å². The topological polar surface area (TPSA) is 78.4 Å². The first-order valence-corrected chi connectivity index (χ1v) is 7.43. The Labute approximate surface area is 128 Å². The van der Waals surface area contributed by atoms with Crippen molar-refractivity contribution < 1.29 is 14.7 Å². The summed E-state index contributed by atoms with van der Waals surface area (Å²) in [4.78, 5) is 22.8. The lowest BCUT2D eigenvalue weighted by atomic mass is 9.96. The summed E-state index contributed by atoms with van der Waals surface area (Å²) in [6.45, 7) is 0.740. The van der Waals surface area contributed by atoms with Gasteiger partial charge < -0.3 is 15.7 Å². The van der Waals surface area contributed by atoms with Crippen LogP contribution >= 0.6 is 11.6 Å². The van der Waals surface area contributed by atoms with Gasteiger partial charge in [0.15, 0.2) is 0 Å². The minimum atomic E-state index is -0.768.